The van der Waals surface area contributed by atoms with E-state index in [2.05, 4.69) is 5.10 Å². The topological polar surface area (TPSA) is 52.0 Å². The number of benzene rings is 3. The maximum absolute atomic E-state index is 13.4. The molecular weight excluding hydrogens is 429 g/mol. The molecule has 4 nitrogen and oxygen atoms in total. The molecule has 1 heterocycles. The number of ketones is 2. The molecule has 0 N–H and O–H groups in total. The van der Waals surface area contributed by atoms with Gasteiger partial charge < -0.3 is 0 Å². The molecule has 7 heteroatoms. The van der Waals surface area contributed by atoms with Gasteiger partial charge in [0.25, 0.3) is 5.78 Å². The number of allylic oxidation sites excluding steroid dienone is 1. The van der Waals surface area contributed by atoms with Crippen molar-refractivity contribution in [3.63, 3.8) is 0 Å². The molecule has 0 atom stereocenters. The first-order valence-corrected chi connectivity index (χ1v) is 9.98. The van der Waals surface area contributed by atoms with Gasteiger partial charge in [-0.3, -0.25) is 9.59 Å². The van der Waals surface area contributed by atoms with Crippen molar-refractivity contribution in [3.05, 3.63) is 114 Å². The number of aromatic nitrogens is 2. The first kappa shape index (κ1) is 22.0. The minimum atomic E-state index is -5.21. The highest BCUT2D eigenvalue weighted by Crippen LogP contribution is 2.29. The molecule has 3 aromatic carbocycles. The molecule has 0 unspecified atom stereocenters. The van der Waals surface area contributed by atoms with E-state index in [0.29, 0.717) is 16.9 Å². The zero-order chi connectivity index (χ0) is 23.4. The lowest BCUT2D eigenvalue weighted by Gasteiger charge is -2.09. The van der Waals surface area contributed by atoms with Gasteiger partial charge in [-0.1, -0.05) is 78.9 Å². The van der Waals surface area contributed by atoms with Crippen LogP contribution in [0.4, 0.5) is 13.2 Å². The van der Waals surface area contributed by atoms with Crippen LogP contribution in [-0.2, 0) is 4.79 Å². The first-order valence-electron chi connectivity index (χ1n) is 9.98. The van der Waals surface area contributed by atoms with E-state index in [9.17, 15) is 22.8 Å². The van der Waals surface area contributed by atoms with Crippen molar-refractivity contribution < 1.29 is 22.8 Å². The molecule has 0 fully saturated rings. The number of rotatable bonds is 6. The summed E-state index contributed by atoms with van der Waals surface area (Å²) in [4.78, 5) is 25.2. The Labute approximate surface area is 187 Å². The molecule has 0 spiro atoms. The predicted molar refractivity (Wildman–Crippen MR) is 119 cm³/mol. The fourth-order valence-corrected chi connectivity index (χ4v) is 3.31. The van der Waals surface area contributed by atoms with E-state index in [4.69, 9.17) is 0 Å². The van der Waals surface area contributed by atoms with Gasteiger partial charge in [0.2, 0.25) is 0 Å². The first-order chi connectivity index (χ1) is 15.8. The molecule has 0 bridgehead atoms. The molecule has 0 saturated heterocycles. The number of nitrogens with zero attached hydrogens (tertiary/aromatic N) is 2. The van der Waals surface area contributed by atoms with Crippen molar-refractivity contribution in [2.75, 3.05) is 0 Å². The number of halogens is 3. The van der Waals surface area contributed by atoms with Crippen LogP contribution < -0.4 is 0 Å². The Morgan fingerprint density at radius 3 is 1.91 bits per heavy atom. The number of Topliss-reactive ketones (excluding diaryl/α,β-unsaturated/α-hetero) is 2. The van der Waals surface area contributed by atoms with Crippen LogP contribution in [0.3, 0.4) is 0 Å². The van der Waals surface area contributed by atoms with Gasteiger partial charge in [0.15, 0.2) is 5.78 Å². The summed E-state index contributed by atoms with van der Waals surface area (Å²) in [6.45, 7) is 0. The molecular formula is C26H17F3N2O2. The minimum Gasteiger partial charge on any atom is -0.288 e. The number of hydrogen-bond donors (Lipinski definition) is 0. The van der Waals surface area contributed by atoms with Gasteiger partial charge in [-0.05, 0) is 18.2 Å². The van der Waals surface area contributed by atoms with Gasteiger partial charge in [-0.25, -0.2) is 4.68 Å². The second-order valence-corrected chi connectivity index (χ2v) is 7.16. The lowest BCUT2D eigenvalue weighted by atomic mass is 9.96. The monoisotopic (exact) mass is 446 g/mol. The number of para-hydroxylation sites is 1. The summed E-state index contributed by atoms with van der Waals surface area (Å²) in [5.41, 5.74) is 0.864. The van der Waals surface area contributed by atoms with E-state index in [1.807, 2.05) is 6.07 Å². The van der Waals surface area contributed by atoms with Crippen LogP contribution in [0.5, 0.6) is 0 Å². The van der Waals surface area contributed by atoms with Crippen LogP contribution in [0.2, 0.25) is 0 Å². The summed E-state index contributed by atoms with van der Waals surface area (Å²) >= 11 is 0. The third-order valence-electron chi connectivity index (χ3n) is 4.89. The molecule has 0 aliphatic rings. The highest BCUT2D eigenvalue weighted by molar-refractivity contribution is 6.30. The summed E-state index contributed by atoms with van der Waals surface area (Å²) in [7, 11) is 0. The molecule has 0 saturated carbocycles. The third kappa shape index (κ3) is 4.82. The maximum Gasteiger partial charge on any atom is 0.455 e. The Morgan fingerprint density at radius 1 is 0.788 bits per heavy atom. The molecule has 4 aromatic rings. The van der Waals surface area contributed by atoms with Crippen LogP contribution >= 0.6 is 0 Å². The standard InChI is InChI=1S/C26H17F3N2O2/c27-26(28,29)25(33)22(24(32)19-12-6-2-7-13-19)16-20-17-31(21-14-8-3-9-15-21)30-23(20)18-10-4-1-5-11-18/h1-17H. The summed E-state index contributed by atoms with van der Waals surface area (Å²) in [6.07, 6.45) is -2.74. The van der Waals surface area contributed by atoms with Crippen molar-refractivity contribution in [2.24, 2.45) is 0 Å². The molecule has 0 radical (unpaired) electrons. The van der Waals surface area contributed by atoms with E-state index >= 15 is 0 Å². The van der Waals surface area contributed by atoms with Gasteiger partial charge >= 0.3 is 6.18 Å². The van der Waals surface area contributed by atoms with Crippen LogP contribution in [0.1, 0.15) is 15.9 Å². The van der Waals surface area contributed by atoms with E-state index in [0.717, 1.165) is 6.08 Å². The SMILES string of the molecule is O=C(C(=Cc1cn(-c2ccccc2)nc1-c1ccccc1)C(=O)C(F)(F)F)c1ccccc1. The van der Waals surface area contributed by atoms with Crippen molar-refractivity contribution in [2.45, 2.75) is 6.18 Å². The van der Waals surface area contributed by atoms with Crippen LogP contribution in [-0.4, -0.2) is 27.5 Å². The minimum absolute atomic E-state index is 0.0157. The van der Waals surface area contributed by atoms with Crippen LogP contribution in [0, 0.1) is 0 Å². The highest BCUT2D eigenvalue weighted by Gasteiger charge is 2.43. The Balaban J connectivity index is 1.91. The highest BCUT2D eigenvalue weighted by atomic mass is 19.4. The zero-order valence-electron chi connectivity index (χ0n) is 17.2. The Hall–Kier alpha value is -4.26. The summed E-state index contributed by atoms with van der Waals surface area (Å²) in [5, 5.41) is 4.53. The largest absolute Gasteiger partial charge is 0.455 e. The van der Waals surface area contributed by atoms with Crippen LogP contribution in [0.15, 0.2) is 103 Å². The molecule has 0 aliphatic heterocycles. The van der Waals surface area contributed by atoms with Crippen molar-refractivity contribution in [1.82, 2.24) is 9.78 Å². The van der Waals surface area contributed by atoms with E-state index in [1.54, 1.807) is 60.7 Å². The van der Waals surface area contributed by atoms with E-state index in [1.165, 1.54) is 35.1 Å². The van der Waals surface area contributed by atoms with Gasteiger partial charge in [0, 0.05) is 22.9 Å². The number of alkyl halides is 3. The van der Waals surface area contributed by atoms with Gasteiger partial charge in [0.1, 0.15) is 0 Å². The molecule has 164 valence electrons. The number of carbonyl (C=O) groups is 2. The number of carbonyl (C=O) groups excluding carboxylic acids is 2. The van der Waals surface area contributed by atoms with Crippen molar-refractivity contribution in [3.8, 4) is 16.9 Å². The molecule has 0 amide bonds. The Bertz CT molecular complexity index is 1310. The molecule has 0 aliphatic carbocycles. The molecule has 33 heavy (non-hydrogen) atoms. The van der Waals surface area contributed by atoms with Gasteiger partial charge in [-0.15, -0.1) is 0 Å². The average Bonchev–Trinajstić information content (AvgIpc) is 3.27. The second-order valence-electron chi connectivity index (χ2n) is 7.16. The van der Waals surface area contributed by atoms with Crippen molar-refractivity contribution >= 4 is 17.6 Å². The lowest BCUT2D eigenvalue weighted by molar-refractivity contribution is -0.166. The Kier molecular flexibility index (Phi) is 6.04. The molecule has 1 aromatic heterocycles. The summed E-state index contributed by atoms with van der Waals surface area (Å²) in [6, 6.07) is 25.2. The number of hydrogen-bond acceptors (Lipinski definition) is 3. The third-order valence-corrected chi connectivity index (χ3v) is 4.89. The smallest absolute Gasteiger partial charge is 0.288 e. The van der Waals surface area contributed by atoms with Crippen LogP contribution in [0.25, 0.3) is 23.0 Å². The van der Waals surface area contributed by atoms with Gasteiger partial charge in [-0.2, -0.15) is 18.3 Å². The quantitative estimate of drug-likeness (QED) is 0.160. The zero-order valence-corrected chi connectivity index (χ0v) is 17.2. The second kappa shape index (κ2) is 9.08. The van der Waals surface area contributed by atoms with Gasteiger partial charge in [0.05, 0.1) is 17.0 Å². The predicted octanol–water partition coefficient (Wildman–Crippen LogP) is 5.94. The maximum atomic E-state index is 13.4. The summed E-state index contributed by atoms with van der Waals surface area (Å²) < 4.78 is 41.7. The normalized spacial score (nSPS) is 11.9. The fraction of sp³-hybridized carbons (Fsp3) is 0.0385. The molecule has 4 rings (SSSR count). The van der Waals surface area contributed by atoms with E-state index in [-0.39, 0.29) is 11.1 Å². The fourth-order valence-electron chi connectivity index (χ4n) is 3.31. The average molecular weight is 446 g/mol. The summed E-state index contributed by atoms with van der Waals surface area (Å²) in [5.74, 6) is -3.22. The van der Waals surface area contributed by atoms with E-state index < -0.39 is 23.3 Å². The lowest BCUT2D eigenvalue weighted by Crippen LogP contribution is -2.28. The van der Waals surface area contributed by atoms with Crippen molar-refractivity contribution in [1.29, 1.82) is 0 Å². The Morgan fingerprint density at radius 2 is 1.33 bits per heavy atom.